The fourth-order valence-corrected chi connectivity index (χ4v) is 4.38. The minimum absolute atomic E-state index is 0.00381. The zero-order valence-corrected chi connectivity index (χ0v) is 20.1. The topological polar surface area (TPSA) is 124 Å². The van der Waals surface area contributed by atoms with E-state index in [1.807, 2.05) is 0 Å². The quantitative estimate of drug-likeness (QED) is 0.492. The van der Waals surface area contributed by atoms with Crippen LogP contribution in [-0.4, -0.2) is 46.2 Å². The molecule has 0 aliphatic carbocycles. The monoisotopic (exact) mass is 519 g/mol. The van der Waals surface area contributed by atoms with Crippen LogP contribution in [0.1, 0.15) is 49.2 Å². The molecule has 3 N–H and O–H groups in total. The molecule has 0 fully saturated rings. The number of hydrogen-bond acceptors (Lipinski definition) is 5. The molecule has 4 rings (SSSR count). The van der Waals surface area contributed by atoms with Crippen LogP contribution in [0.3, 0.4) is 0 Å². The number of aromatic nitrogens is 1. The van der Waals surface area contributed by atoms with Crippen LogP contribution in [-0.2, 0) is 9.53 Å². The molecular weight excluding hydrogens is 495 g/mol. The summed E-state index contributed by atoms with van der Waals surface area (Å²) in [6, 6.07) is 9.77. The molecular formula is C25H24F3N3O6. The van der Waals surface area contributed by atoms with E-state index in [2.05, 4.69) is 4.74 Å². The molecule has 0 radical (unpaired) electrons. The normalized spacial score (nSPS) is 15.5. The van der Waals surface area contributed by atoms with Crippen molar-refractivity contribution in [2.24, 2.45) is 5.73 Å². The van der Waals surface area contributed by atoms with Crippen LogP contribution in [0, 0.1) is 0 Å². The Bertz CT molecular complexity index is 1410. The van der Waals surface area contributed by atoms with Crippen LogP contribution < -0.4 is 15.4 Å². The largest absolute Gasteiger partial charge is 0.573 e. The van der Waals surface area contributed by atoms with Gasteiger partial charge in [0.15, 0.2) is 0 Å². The lowest BCUT2D eigenvalue weighted by molar-refractivity contribution is -0.274. The van der Waals surface area contributed by atoms with E-state index in [-0.39, 0.29) is 24.2 Å². The number of rotatable bonds is 5. The Morgan fingerprint density at radius 1 is 1.08 bits per heavy atom. The Balaban J connectivity index is 1.85. The van der Waals surface area contributed by atoms with Gasteiger partial charge in [0.05, 0.1) is 17.6 Å². The highest BCUT2D eigenvalue weighted by molar-refractivity contribution is 5.99. The minimum Gasteiger partial charge on any atom is -0.481 e. The number of carboxylic acids is 1. The van der Waals surface area contributed by atoms with Crippen LogP contribution in [0.2, 0.25) is 0 Å². The van der Waals surface area contributed by atoms with Gasteiger partial charge < -0.3 is 24.9 Å². The van der Waals surface area contributed by atoms with Gasteiger partial charge >= 0.3 is 18.4 Å². The van der Waals surface area contributed by atoms with Crippen LogP contribution in [0.25, 0.3) is 16.6 Å². The molecule has 2 amide bonds. The average molecular weight is 519 g/mol. The lowest BCUT2D eigenvalue weighted by Crippen LogP contribution is -2.36. The highest BCUT2D eigenvalue weighted by atomic mass is 19.4. The van der Waals surface area contributed by atoms with Crippen molar-refractivity contribution in [2.75, 3.05) is 11.4 Å². The van der Waals surface area contributed by atoms with E-state index in [0.29, 0.717) is 22.3 Å². The SMILES string of the molecule is CC(C)(C)OC(=O)N1CC(CC(=O)O)c2cc(-n3c(C(N)=O)cc4ccc(OC(F)(F)F)cc43)ccc21. The lowest BCUT2D eigenvalue weighted by Gasteiger charge is -2.25. The second-order valence-corrected chi connectivity index (χ2v) is 9.63. The molecule has 12 heteroatoms. The van der Waals surface area contributed by atoms with Crippen molar-refractivity contribution in [3.05, 3.63) is 53.7 Å². The third kappa shape index (κ3) is 5.47. The maximum absolute atomic E-state index is 12.8. The molecule has 0 spiro atoms. The average Bonchev–Trinajstić information content (AvgIpc) is 3.29. The highest BCUT2D eigenvalue weighted by Gasteiger charge is 2.36. The van der Waals surface area contributed by atoms with Crippen molar-refractivity contribution < 1.29 is 42.1 Å². The fourth-order valence-electron chi connectivity index (χ4n) is 4.38. The number of primary amides is 1. The molecule has 2 heterocycles. The molecule has 0 bridgehead atoms. The number of ether oxygens (including phenoxy) is 2. The minimum atomic E-state index is -4.92. The number of hydrogen-bond donors (Lipinski definition) is 2. The maximum Gasteiger partial charge on any atom is 0.573 e. The van der Waals surface area contributed by atoms with Crippen LogP contribution in [0.4, 0.5) is 23.7 Å². The number of carbonyl (C=O) groups is 3. The summed E-state index contributed by atoms with van der Waals surface area (Å²) < 4.78 is 49.3. The van der Waals surface area contributed by atoms with E-state index in [1.165, 1.54) is 21.6 Å². The van der Waals surface area contributed by atoms with Gasteiger partial charge in [-0.1, -0.05) is 0 Å². The third-order valence-corrected chi connectivity index (χ3v) is 5.70. The molecule has 1 unspecified atom stereocenters. The summed E-state index contributed by atoms with van der Waals surface area (Å²) in [5.74, 6) is -2.99. The summed E-state index contributed by atoms with van der Waals surface area (Å²) >= 11 is 0. The first-order valence-corrected chi connectivity index (χ1v) is 11.2. The molecule has 9 nitrogen and oxygen atoms in total. The number of carbonyl (C=O) groups excluding carboxylic acids is 2. The Kier molecular flexibility index (Phi) is 6.30. The van der Waals surface area contributed by atoms with Crippen LogP contribution >= 0.6 is 0 Å². The van der Waals surface area contributed by atoms with Crippen molar-refractivity contribution in [3.8, 4) is 11.4 Å². The fraction of sp³-hybridized carbons (Fsp3) is 0.320. The van der Waals surface area contributed by atoms with Crippen molar-refractivity contribution >= 4 is 34.6 Å². The molecule has 37 heavy (non-hydrogen) atoms. The summed E-state index contributed by atoms with van der Waals surface area (Å²) in [7, 11) is 0. The van der Waals surface area contributed by atoms with Crippen molar-refractivity contribution in [1.82, 2.24) is 4.57 Å². The number of carboxylic acid groups (broad SMARTS) is 1. The molecule has 0 saturated carbocycles. The molecule has 1 aliphatic rings. The predicted octanol–water partition coefficient (Wildman–Crippen LogP) is 4.94. The Hall–Kier alpha value is -4.22. The summed E-state index contributed by atoms with van der Waals surface area (Å²) in [6.07, 6.45) is -5.85. The molecule has 1 aliphatic heterocycles. The zero-order valence-electron chi connectivity index (χ0n) is 20.1. The number of halogens is 3. The molecule has 196 valence electrons. The molecule has 2 aromatic carbocycles. The van der Waals surface area contributed by atoms with Gasteiger partial charge in [0.25, 0.3) is 5.91 Å². The van der Waals surface area contributed by atoms with E-state index >= 15 is 0 Å². The van der Waals surface area contributed by atoms with E-state index in [0.717, 1.165) is 12.1 Å². The van der Waals surface area contributed by atoms with Gasteiger partial charge in [-0.3, -0.25) is 14.5 Å². The molecule has 0 saturated heterocycles. The second-order valence-electron chi connectivity index (χ2n) is 9.63. The number of benzene rings is 2. The molecule has 1 aromatic heterocycles. The van der Waals surface area contributed by atoms with Crippen LogP contribution in [0.15, 0.2) is 42.5 Å². The van der Waals surface area contributed by atoms with Crippen molar-refractivity contribution in [1.29, 1.82) is 0 Å². The zero-order chi connectivity index (χ0) is 27.3. The first kappa shape index (κ1) is 25.9. The Morgan fingerprint density at radius 3 is 2.38 bits per heavy atom. The standard InChI is InChI=1S/C25H24F3N3O6/c1-24(2,3)37-23(35)30-12-14(9-21(32)33)17-10-15(5-7-18(17)30)31-19-11-16(36-25(26,27)28)6-4-13(19)8-20(31)22(29)34/h4-8,10-11,14H,9,12H2,1-3H3,(H2,29,34)(H,32,33). The van der Waals surface area contributed by atoms with Crippen molar-refractivity contribution in [3.63, 3.8) is 0 Å². The lowest BCUT2D eigenvalue weighted by atomic mass is 9.97. The number of nitrogens with zero attached hydrogens (tertiary/aromatic N) is 2. The van der Waals surface area contributed by atoms with E-state index in [9.17, 15) is 32.7 Å². The second kappa shape index (κ2) is 9.02. The van der Waals surface area contributed by atoms with Crippen LogP contribution in [0.5, 0.6) is 5.75 Å². The van der Waals surface area contributed by atoms with Gasteiger partial charge in [0.1, 0.15) is 17.0 Å². The number of anilines is 1. The summed E-state index contributed by atoms with van der Waals surface area (Å²) in [5.41, 5.74) is 6.28. The van der Waals surface area contributed by atoms with Gasteiger partial charge in [-0.2, -0.15) is 0 Å². The van der Waals surface area contributed by atoms with Crippen molar-refractivity contribution in [2.45, 2.75) is 45.1 Å². The number of nitrogens with two attached hydrogens (primary N) is 1. The third-order valence-electron chi connectivity index (χ3n) is 5.70. The Morgan fingerprint density at radius 2 is 1.78 bits per heavy atom. The first-order chi connectivity index (χ1) is 17.1. The predicted molar refractivity (Wildman–Crippen MR) is 127 cm³/mol. The smallest absolute Gasteiger partial charge is 0.481 e. The summed E-state index contributed by atoms with van der Waals surface area (Å²) in [6.45, 7) is 5.18. The number of alkyl halides is 3. The number of amides is 2. The van der Waals surface area contributed by atoms with E-state index in [4.69, 9.17) is 10.5 Å². The first-order valence-electron chi connectivity index (χ1n) is 11.2. The molecule has 1 atom stereocenters. The Labute approximate surface area is 209 Å². The number of fused-ring (bicyclic) bond motifs is 2. The maximum atomic E-state index is 12.8. The summed E-state index contributed by atoms with van der Waals surface area (Å²) in [5, 5.41) is 9.87. The van der Waals surface area contributed by atoms with Gasteiger partial charge in [0, 0.05) is 29.6 Å². The summed E-state index contributed by atoms with van der Waals surface area (Å²) in [4.78, 5) is 38.0. The van der Waals surface area contributed by atoms with Gasteiger partial charge in [0.2, 0.25) is 0 Å². The van der Waals surface area contributed by atoms with E-state index in [1.54, 1.807) is 39.0 Å². The van der Waals surface area contributed by atoms with E-state index < -0.39 is 41.6 Å². The molecule has 3 aromatic rings. The van der Waals surface area contributed by atoms with Gasteiger partial charge in [-0.25, -0.2) is 4.79 Å². The number of aliphatic carboxylic acids is 1. The highest BCUT2D eigenvalue weighted by Crippen LogP contribution is 2.41. The van der Waals surface area contributed by atoms with Gasteiger partial charge in [-0.15, -0.1) is 13.2 Å². The van der Waals surface area contributed by atoms with Gasteiger partial charge in [-0.05, 0) is 62.7 Å².